The van der Waals surface area contributed by atoms with Crippen LogP contribution in [-0.2, 0) is 13.0 Å². The van der Waals surface area contributed by atoms with Gasteiger partial charge in [0.1, 0.15) is 0 Å². The topological polar surface area (TPSA) is 24.9 Å². The van der Waals surface area contributed by atoms with Gasteiger partial charge in [-0.1, -0.05) is 23.7 Å². The molecule has 1 aromatic carbocycles. The van der Waals surface area contributed by atoms with Gasteiger partial charge in [0.05, 0.1) is 11.2 Å². The summed E-state index contributed by atoms with van der Waals surface area (Å²) in [4.78, 5) is 4.24. The Morgan fingerprint density at radius 2 is 2.29 bits per heavy atom. The van der Waals surface area contributed by atoms with Crippen molar-refractivity contribution in [3.8, 4) is 0 Å². The van der Waals surface area contributed by atoms with Crippen molar-refractivity contribution in [2.24, 2.45) is 0 Å². The number of thiazole rings is 1. The molecule has 2 aromatic rings. The zero-order chi connectivity index (χ0) is 12.1. The zero-order valence-electron chi connectivity index (χ0n) is 9.74. The van der Waals surface area contributed by atoms with E-state index in [0.29, 0.717) is 0 Å². The van der Waals surface area contributed by atoms with Crippen LogP contribution in [0.5, 0.6) is 0 Å². The molecule has 0 amide bonds. The number of hydrogen-bond acceptors (Lipinski definition) is 3. The summed E-state index contributed by atoms with van der Waals surface area (Å²) in [5.74, 6) is 0. The van der Waals surface area contributed by atoms with Crippen LogP contribution in [0.4, 0.5) is 0 Å². The van der Waals surface area contributed by atoms with Crippen molar-refractivity contribution >= 4 is 22.9 Å². The predicted molar refractivity (Wildman–Crippen MR) is 73.7 cm³/mol. The van der Waals surface area contributed by atoms with E-state index in [-0.39, 0.29) is 0 Å². The third kappa shape index (κ3) is 3.80. The van der Waals surface area contributed by atoms with Gasteiger partial charge in [0, 0.05) is 29.9 Å². The van der Waals surface area contributed by atoms with E-state index in [4.69, 9.17) is 11.6 Å². The first-order chi connectivity index (χ1) is 8.25. The van der Waals surface area contributed by atoms with Gasteiger partial charge in [-0.25, -0.2) is 4.98 Å². The van der Waals surface area contributed by atoms with E-state index in [0.717, 1.165) is 35.8 Å². The Hall–Kier alpha value is -0.900. The third-order valence-electron chi connectivity index (χ3n) is 2.61. The van der Waals surface area contributed by atoms with Crippen LogP contribution in [0, 0.1) is 6.92 Å². The highest BCUT2D eigenvalue weighted by atomic mass is 35.5. The molecule has 2 rings (SSSR count). The third-order valence-corrected chi connectivity index (χ3v) is 3.65. The Bertz CT molecular complexity index is 468. The molecule has 0 aliphatic heterocycles. The van der Waals surface area contributed by atoms with Crippen LogP contribution in [-0.4, -0.2) is 11.5 Å². The zero-order valence-corrected chi connectivity index (χ0v) is 11.3. The molecule has 90 valence electrons. The Balaban J connectivity index is 1.76. The largest absolute Gasteiger partial charge is 0.312 e. The van der Waals surface area contributed by atoms with Gasteiger partial charge >= 0.3 is 0 Å². The second kappa shape index (κ2) is 6.15. The van der Waals surface area contributed by atoms with Gasteiger partial charge in [-0.15, -0.1) is 11.3 Å². The van der Waals surface area contributed by atoms with Crippen molar-refractivity contribution in [2.75, 3.05) is 6.54 Å². The molecule has 0 aliphatic rings. The van der Waals surface area contributed by atoms with Gasteiger partial charge in [-0.05, 0) is 24.1 Å². The molecule has 1 heterocycles. The van der Waals surface area contributed by atoms with Gasteiger partial charge in [-0.2, -0.15) is 0 Å². The SMILES string of the molecule is Cc1ccc(CNCCc2cscn2)cc1Cl. The fraction of sp³-hybridized carbons (Fsp3) is 0.308. The molecule has 0 unspecified atom stereocenters. The molecule has 4 heteroatoms. The highest BCUT2D eigenvalue weighted by Gasteiger charge is 1.98. The van der Waals surface area contributed by atoms with Crippen LogP contribution >= 0.6 is 22.9 Å². The molecular weight excluding hydrogens is 252 g/mol. The maximum Gasteiger partial charge on any atom is 0.0794 e. The standard InChI is InChI=1S/C13H15ClN2S/c1-10-2-3-11(6-13(10)14)7-15-5-4-12-8-17-9-16-12/h2-3,6,8-9,15H,4-5,7H2,1H3. The lowest BCUT2D eigenvalue weighted by atomic mass is 10.1. The molecular formula is C13H15ClN2S. The molecule has 1 aromatic heterocycles. The summed E-state index contributed by atoms with van der Waals surface area (Å²) >= 11 is 7.71. The summed E-state index contributed by atoms with van der Waals surface area (Å²) in [6.07, 6.45) is 0.975. The summed E-state index contributed by atoms with van der Waals surface area (Å²) in [7, 11) is 0. The predicted octanol–water partition coefficient (Wildman–Crippen LogP) is 3.44. The average molecular weight is 267 g/mol. The lowest BCUT2D eigenvalue weighted by Gasteiger charge is -2.05. The lowest BCUT2D eigenvalue weighted by molar-refractivity contribution is 0.681. The van der Waals surface area contributed by atoms with E-state index in [9.17, 15) is 0 Å². The number of nitrogens with one attached hydrogen (secondary N) is 1. The molecule has 1 N–H and O–H groups in total. The van der Waals surface area contributed by atoms with Crippen LogP contribution < -0.4 is 5.32 Å². The van der Waals surface area contributed by atoms with Crippen molar-refractivity contribution in [3.05, 3.63) is 50.9 Å². The second-order valence-corrected chi connectivity index (χ2v) is 5.12. The number of hydrogen-bond donors (Lipinski definition) is 1. The van der Waals surface area contributed by atoms with Crippen LogP contribution in [0.3, 0.4) is 0 Å². The van der Waals surface area contributed by atoms with Crippen molar-refractivity contribution in [3.63, 3.8) is 0 Å². The minimum absolute atomic E-state index is 0.837. The minimum atomic E-state index is 0.837. The van der Waals surface area contributed by atoms with Crippen molar-refractivity contribution < 1.29 is 0 Å². The lowest BCUT2D eigenvalue weighted by Crippen LogP contribution is -2.16. The van der Waals surface area contributed by atoms with E-state index >= 15 is 0 Å². The number of aryl methyl sites for hydroxylation is 1. The van der Waals surface area contributed by atoms with Crippen LogP contribution in [0.15, 0.2) is 29.1 Å². The van der Waals surface area contributed by atoms with Crippen LogP contribution in [0.1, 0.15) is 16.8 Å². The number of halogens is 1. The van der Waals surface area contributed by atoms with Gasteiger partial charge in [0.2, 0.25) is 0 Å². The highest BCUT2D eigenvalue weighted by molar-refractivity contribution is 7.07. The molecule has 0 fully saturated rings. The van der Waals surface area contributed by atoms with E-state index in [1.165, 1.54) is 5.56 Å². The monoisotopic (exact) mass is 266 g/mol. The molecule has 0 aliphatic carbocycles. The van der Waals surface area contributed by atoms with Crippen LogP contribution in [0.25, 0.3) is 0 Å². The van der Waals surface area contributed by atoms with E-state index in [1.54, 1.807) is 11.3 Å². The summed E-state index contributed by atoms with van der Waals surface area (Å²) in [6, 6.07) is 6.18. The summed E-state index contributed by atoms with van der Waals surface area (Å²) < 4.78 is 0. The first-order valence-corrected chi connectivity index (χ1v) is 6.90. The van der Waals surface area contributed by atoms with E-state index < -0.39 is 0 Å². The Labute approximate surface area is 111 Å². The quantitative estimate of drug-likeness (QED) is 0.839. The number of aromatic nitrogens is 1. The molecule has 0 atom stereocenters. The minimum Gasteiger partial charge on any atom is -0.312 e. The summed E-state index contributed by atoms with van der Waals surface area (Å²) in [5, 5.41) is 6.32. The second-order valence-electron chi connectivity index (χ2n) is 3.99. The van der Waals surface area contributed by atoms with Crippen LogP contribution in [0.2, 0.25) is 5.02 Å². The van der Waals surface area contributed by atoms with Gasteiger partial charge in [0.25, 0.3) is 0 Å². The normalized spacial score (nSPS) is 10.7. The molecule has 0 radical (unpaired) electrons. The highest BCUT2D eigenvalue weighted by Crippen LogP contribution is 2.16. The molecule has 0 bridgehead atoms. The Kier molecular flexibility index (Phi) is 4.54. The molecule has 0 saturated carbocycles. The smallest absolute Gasteiger partial charge is 0.0794 e. The fourth-order valence-corrected chi connectivity index (χ4v) is 2.35. The van der Waals surface area contributed by atoms with Gasteiger partial charge in [0.15, 0.2) is 0 Å². The fourth-order valence-electron chi connectivity index (χ4n) is 1.56. The maximum absolute atomic E-state index is 6.07. The number of rotatable bonds is 5. The molecule has 0 spiro atoms. The van der Waals surface area contributed by atoms with Gasteiger partial charge in [-0.3, -0.25) is 0 Å². The van der Waals surface area contributed by atoms with Crippen molar-refractivity contribution in [1.82, 2.24) is 10.3 Å². The summed E-state index contributed by atoms with van der Waals surface area (Å²) in [5.41, 5.74) is 5.37. The first-order valence-electron chi connectivity index (χ1n) is 5.58. The van der Waals surface area contributed by atoms with E-state index in [1.807, 2.05) is 18.5 Å². The summed E-state index contributed by atoms with van der Waals surface area (Å²) in [6.45, 7) is 3.81. The molecule has 2 nitrogen and oxygen atoms in total. The number of nitrogens with zero attached hydrogens (tertiary/aromatic N) is 1. The Morgan fingerprint density at radius 1 is 1.41 bits per heavy atom. The molecule has 0 saturated heterocycles. The first kappa shape index (κ1) is 12.6. The van der Waals surface area contributed by atoms with E-state index in [2.05, 4.69) is 27.8 Å². The van der Waals surface area contributed by atoms with Crippen molar-refractivity contribution in [1.29, 1.82) is 0 Å². The van der Waals surface area contributed by atoms with Gasteiger partial charge < -0.3 is 5.32 Å². The number of benzene rings is 1. The Morgan fingerprint density at radius 3 is 3.00 bits per heavy atom. The maximum atomic E-state index is 6.07. The van der Waals surface area contributed by atoms with Crippen molar-refractivity contribution in [2.45, 2.75) is 19.9 Å². The molecule has 17 heavy (non-hydrogen) atoms. The average Bonchev–Trinajstić information content (AvgIpc) is 2.82.